The zero-order chi connectivity index (χ0) is 14.9. The molecular weight excluding hydrogens is 300 g/mol. The maximum absolute atomic E-state index is 12.7. The van der Waals surface area contributed by atoms with Gasteiger partial charge in [0.15, 0.2) is 0 Å². The summed E-state index contributed by atoms with van der Waals surface area (Å²) in [7, 11) is -3.76. The SMILES string of the molecule is Cc1ccc(Cl)cc1S(=O)(=O)N1CCCC[C@@H]1C(N)=O. The minimum absolute atomic E-state index is 0.137. The third-order valence-corrected chi connectivity index (χ3v) is 5.80. The Morgan fingerprint density at radius 1 is 1.40 bits per heavy atom. The number of benzene rings is 1. The van der Waals surface area contributed by atoms with E-state index in [-0.39, 0.29) is 4.90 Å². The standard InChI is InChI=1S/C13H17ClN2O3S/c1-9-5-6-10(14)8-12(9)20(18,19)16-7-3-2-4-11(16)13(15)17/h5-6,8,11H,2-4,7H2,1H3,(H2,15,17)/t11-/m1/s1. The van der Waals surface area contributed by atoms with Crippen molar-refractivity contribution in [3.05, 3.63) is 28.8 Å². The second kappa shape index (κ2) is 5.71. The van der Waals surface area contributed by atoms with Crippen LogP contribution >= 0.6 is 11.6 Å². The Morgan fingerprint density at radius 2 is 2.10 bits per heavy atom. The van der Waals surface area contributed by atoms with E-state index in [0.29, 0.717) is 23.6 Å². The van der Waals surface area contributed by atoms with Gasteiger partial charge in [-0.15, -0.1) is 0 Å². The molecule has 7 heteroatoms. The summed E-state index contributed by atoms with van der Waals surface area (Å²) in [5.41, 5.74) is 5.93. The number of nitrogens with zero attached hydrogens (tertiary/aromatic N) is 1. The van der Waals surface area contributed by atoms with E-state index >= 15 is 0 Å². The van der Waals surface area contributed by atoms with Gasteiger partial charge < -0.3 is 5.73 Å². The quantitative estimate of drug-likeness (QED) is 0.921. The number of nitrogens with two attached hydrogens (primary N) is 1. The highest BCUT2D eigenvalue weighted by atomic mass is 35.5. The summed E-state index contributed by atoms with van der Waals surface area (Å²) < 4.78 is 26.7. The first-order chi connectivity index (χ1) is 9.34. The maximum atomic E-state index is 12.7. The Morgan fingerprint density at radius 3 is 2.75 bits per heavy atom. The summed E-state index contributed by atoms with van der Waals surface area (Å²) >= 11 is 5.89. The van der Waals surface area contributed by atoms with Crippen molar-refractivity contribution in [3.8, 4) is 0 Å². The summed E-state index contributed by atoms with van der Waals surface area (Å²) in [4.78, 5) is 11.6. The van der Waals surface area contributed by atoms with Crippen LogP contribution in [0.3, 0.4) is 0 Å². The van der Waals surface area contributed by atoms with Gasteiger partial charge in [0.2, 0.25) is 15.9 Å². The molecular formula is C13H17ClN2O3S. The number of carbonyl (C=O) groups excluding carboxylic acids is 1. The molecule has 2 N–H and O–H groups in total. The van der Waals surface area contributed by atoms with Crippen LogP contribution in [0.15, 0.2) is 23.1 Å². The lowest BCUT2D eigenvalue weighted by molar-refractivity contribution is -0.122. The Labute approximate surface area is 123 Å². The molecule has 0 bridgehead atoms. The smallest absolute Gasteiger partial charge is 0.244 e. The fraction of sp³-hybridized carbons (Fsp3) is 0.462. The Balaban J connectivity index is 2.47. The van der Waals surface area contributed by atoms with Gasteiger partial charge in [0.05, 0.1) is 4.90 Å². The summed E-state index contributed by atoms with van der Waals surface area (Å²) in [5.74, 6) is -0.604. The number of piperidine rings is 1. The number of hydrogen-bond acceptors (Lipinski definition) is 3. The van der Waals surface area contributed by atoms with Crippen LogP contribution in [0.1, 0.15) is 24.8 Å². The Hall–Kier alpha value is -1.11. The lowest BCUT2D eigenvalue weighted by Gasteiger charge is -2.32. The molecule has 1 amide bonds. The molecule has 1 fully saturated rings. The van der Waals surface area contributed by atoms with Crippen molar-refractivity contribution in [1.29, 1.82) is 0 Å². The molecule has 20 heavy (non-hydrogen) atoms. The van der Waals surface area contributed by atoms with Crippen molar-refractivity contribution in [2.24, 2.45) is 5.73 Å². The van der Waals surface area contributed by atoms with E-state index < -0.39 is 22.0 Å². The highest BCUT2D eigenvalue weighted by Crippen LogP contribution is 2.28. The van der Waals surface area contributed by atoms with Crippen LogP contribution in [0.2, 0.25) is 5.02 Å². The number of primary amides is 1. The third-order valence-electron chi connectivity index (χ3n) is 3.52. The van der Waals surface area contributed by atoms with Crippen molar-refractivity contribution in [1.82, 2.24) is 4.31 Å². The Bertz CT molecular complexity index is 631. The van der Waals surface area contributed by atoms with Crippen molar-refractivity contribution in [2.75, 3.05) is 6.54 Å². The largest absolute Gasteiger partial charge is 0.368 e. The van der Waals surface area contributed by atoms with Crippen LogP contribution in [-0.4, -0.2) is 31.2 Å². The molecule has 0 aliphatic carbocycles. The molecule has 2 rings (SSSR count). The van der Waals surface area contributed by atoms with E-state index in [1.165, 1.54) is 10.4 Å². The average molecular weight is 317 g/mol. The van der Waals surface area contributed by atoms with Crippen LogP contribution in [0.5, 0.6) is 0 Å². The van der Waals surface area contributed by atoms with Crippen LogP contribution < -0.4 is 5.73 Å². The number of sulfonamides is 1. The van der Waals surface area contributed by atoms with Crippen molar-refractivity contribution < 1.29 is 13.2 Å². The fourth-order valence-electron chi connectivity index (χ4n) is 2.46. The zero-order valence-corrected chi connectivity index (χ0v) is 12.7. The highest BCUT2D eigenvalue weighted by Gasteiger charge is 2.37. The van der Waals surface area contributed by atoms with Crippen LogP contribution in [0.4, 0.5) is 0 Å². The normalized spacial score (nSPS) is 20.8. The third kappa shape index (κ3) is 2.82. The van der Waals surface area contributed by atoms with Crippen LogP contribution in [0.25, 0.3) is 0 Å². The first-order valence-corrected chi connectivity index (χ1v) is 8.23. The van der Waals surface area contributed by atoms with Crippen molar-refractivity contribution >= 4 is 27.5 Å². The molecule has 5 nitrogen and oxygen atoms in total. The molecule has 1 saturated heterocycles. The van der Waals surface area contributed by atoms with E-state index in [0.717, 1.165) is 12.8 Å². The predicted octanol–water partition coefficient (Wildman–Crippen LogP) is 1.68. The van der Waals surface area contributed by atoms with Gasteiger partial charge in [-0.05, 0) is 37.5 Å². The zero-order valence-electron chi connectivity index (χ0n) is 11.2. The number of amides is 1. The van der Waals surface area contributed by atoms with Crippen molar-refractivity contribution in [3.63, 3.8) is 0 Å². The van der Waals surface area contributed by atoms with Gasteiger partial charge in [-0.25, -0.2) is 8.42 Å². The highest BCUT2D eigenvalue weighted by molar-refractivity contribution is 7.89. The van der Waals surface area contributed by atoms with E-state index in [9.17, 15) is 13.2 Å². The molecule has 1 aliphatic rings. The monoisotopic (exact) mass is 316 g/mol. The molecule has 1 aromatic rings. The second-order valence-corrected chi connectivity index (χ2v) is 7.23. The summed E-state index contributed by atoms with van der Waals surface area (Å²) in [6.45, 7) is 2.01. The Kier molecular flexibility index (Phi) is 4.36. The molecule has 110 valence electrons. The first kappa shape index (κ1) is 15.3. The van der Waals surface area contributed by atoms with Crippen molar-refractivity contribution in [2.45, 2.75) is 37.1 Å². The van der Waals surface area contributed by atoms with E-state index in [1.807, 2.05) is 0 Å². The first-order valence-electron chi connectivity index (χ1n) is 6.41. The summed E-state index contributed by atoms with van der Waals surface area (Å²) in [6, 6.07) is 3.93. The van der Waals surface area contributed by atoms with Gasteiger partial charge in [-0.3, -0.25) is 4.79 Å². The topological polar surface area (TPSA) is 80.5 Å². The minimum Gasteiger partial charge on any atom is -0.368 e. The molecule has 0 aromatic heterocycles. The lowest BCUT2D eigenvalue weighted by Crippen LogP contribution is -2.50. The number of aryl methyl sites for hydroxylation is 1. The number of carbonyl (C=O) groups is 1. The van der Waals surface area contributed by atoms with Gasteiger partial charge in [0.25, 0.3) is 0 Å². The maximum Gasteiger partial charge on any atom is 0.244 e. The number of hydrogen-bond donors (Lipinski definition) is 1. The molecule has 0 radical (unpaired) electrons. The molecule has 1 heterocycles. The second-order valence-electron chi connectivity index (χ2n) is 4.94. The average Bonchev–Trinajstić information content (AvgIpc) is 2.41. The molecule has 1 aromatic carbocycles. The fourth-order valence-corrected chi connectivity index (χ4v) is 4.61. The lowest BCUT2D eigenvalue weighted by atomic mass is 10.0. The van der Waals surface area contributed by atoms with Gasteiger partial charge >= 0.3 is 0 Å². The number of rotatable bonds is 3. The molecule has 0 saturated carbocycles. The number of halogens is 1. The van der Waals surface area contributed by atoms with Crippen LogP contribution in [-0.2, 0) is 14.8 Å². The van der Waals surface area contributed by atoms with E-state index in [2.05, 4.69) is 0 Å². The van der Waals surface area contributed by atoms with Crippen LogP contribution in [0, 0.1) is 6.92 Å². The minimum atomic E-state index is -3.76. The van der Waals surface area contributed by atoms with Gasteiger partial charge in [-0.1, -0.05) is 24.1 Å². The van der Waals surface area contributed by atoms with Gasteiger partial charge in [0.1, 0.15) is 6.04 Å². The summed E-state index contributed by atoms with van der Waals surface area (Å²) in [6.07, 6.45) is 1.99. The van der Waals surface area contributed by atoms with E-state index in [1.54, 1.807) is 19.1 Å². The van der Waals surface area contributed by atoms with E-state index in [4.69, 9.17) is 17.3 Å². The molecule has 0 spiro atoms. The van der Waals surface area contributed by atoms with Gasteiger partial charge in [-0.2, -0.15) is 4.31 Å². The molecule has 0 unspecified atom stereocenters. The predicted molar refractivity (Wildman–Crippen MR) is 76.9 cm³/mol. The summed E-state index contributed by atoms with van der Waals surface area (Å²) in [5, 5.41) is 0.349. The molecule has 1 atom stereocenters. The molecule has 1 aliphatic heterocycles. The van der Waals surface area contributed by atoms with Gasteiger partial charge in [0, 0.05) is 11.6 Å².